The first-order valence-electron chi connectivity index (χ1n) is 11.5. The van der Waals surface area contributed by atoms with Crippen molar-refractivity contribution in [3.8, 4) is 0 Å². The highest BCUT2D eigenvalue weighted by molar-refractivity contribution is 5.85. The zero-order valence-corrected chi connectivity index (χ0v) is 20.2. The van der Waals surface area contributed by atoms with E-state index in [1.54, 1.807) is 0 Å². The van der Waals surface area contributed by atoms with Gasteiger partial charge < -0.3 is 16.0 Å². The molecule has 3 rings (SSSR count). The van der Waals surface area contributed by atoms with Crippen molar-refractivity contribution in [3.05, 3.63) is 0 Å². The Labute approximate surface area is 194 Å². The van der Waals surface area contributed by atoms with Crippen LogP contribution in [0.3, 0.4) is 0 Å². The van der Waals surface area contributed by atoms with Crippen LogP contribution in [-0.4, -0.2) is 66.9 Å². The highest BCUT2D eigenvalue weighted by atomic mass is 35.5. The summed E-state index contributed by atoms with van der Waals surface area (Å²) in [6.07, 6.45) is 11.1. The van der Waals surface area contributed by atoms with Crippen molar-refractivity contribution >= 4 is 36.6 Å². The van der Waals surface area contributed by atoms with Gasteiger partial charge in [0, 0.05) is 38.6 Å². The van der Waals surface area contributed by atoms with Crippen LogP contribution >= 0.6 is 24.8 Å². The highest BCUT2D eigenvalue weighted by Crippen LogP contribution is 2.38. The standard InChI is InChI=1S/C22H40N4O2.2ClH/c1-18-5-7-19(8-6-18)24-20(27)16-25-11-13-26(14-12-25)21(28)15-22(17-23)9-3-2-4-10-22;;/h18-19H,2-17,23H2,1H3,(H,24,27);2*1H. The van der Waals surface area contributed by atoms with E-state index in [1.807, 2.05) is 4.90 Å². The van der Waals surface area contributed by atoms with Crippen LogP contribution in [0.4, 0.5) is 0 Å². The maximum absolute atomic E-state index is 12.8. The largest absolute Gasteiger partial charge is 0.352 e. The molecule has 0 aromatic heterocycles. The minimum absolute atomic E-state index is 0. The van der Waals surface area contributed by atoms with Crippen molar-refractivity contribution in [2.75, 3.05) is 39.3 Å². The average molecular weight is 466 g/mol. The van der Waals surface area contributed by atoms with Gasteiger partial charge in [0.15, 0.2) is 0 Å². The van der Waals surface area contributed by atoms with E-state index in [2.05, 4.69) is 17.1 Å². The third kappa shape index (κ3) is 7.85. The Balaban J connectivity index is 0.00000225. The lowest BCUT2D eigenvalue weighted by molar-refractivity contribution is -0.136. The summed E-state index contributed by atoms with van der Waals surface area (Å²) in [6, 6.07) is 0.356. The van der Waals surface area contributed by atoms with Crippen LogP contribution in [0.25, 0.3) is 0 Å². The van der Waals surface area contributed by atoms with Crippen molar-refractivity contribution in [3.63, 3.8) is 0 Å². The molecule has 0 unspecified atom stereocenters. The number of carbonyl (C=O) groups is 2. The number of amides is 2. The Bertz CT molecular complexity index is 527. The molecule has 8 heteroatoms. The number of nitrogens with one attached hydrogen (secondary N) is 1. The second-order valence-corrected chi connectivity index (χ2v) is 9.62. The number of nitrogens with zero attached hydrogens (tertiary/aromatic N) is 2. The van der Waals surface area contributed by atoms with Gasteiger partial charge in [0.25, 0.3) is 0 Å². The van der Waals surface area contributed by atoms with Crippen molar-refractivity contribution in [2.45, 2.75) is 77.2 Å². The lowest BCUT2D eigenvalue weighted by atomic mass is 9.71. The molecule has 1 heterocycles. The molecule has 3 aliphatic rings. The molecule has 30 heavy (non-hydrogen) atoms. The summed E-state index contributed by atoms with van der Waals surface area (Å²) in [5, 5.41) is 3.21. The maximum Gasteiger partial charge on any atom is 0.234 e. The molecule has 0 radical (unpaired) electrons. The highest BCUT2D eigenvalue weighted by Gasteiger charge is 2.35. The molecule has 0 aromatic carbocycles. The molecular weight excluding hydrogens is 423 g/mol. The van der Waals surface area contributed by atoms with Gasteiger partial charge in [-0.1, -0.05) is 26.2 Å². The predicted molar refractivity (Wildman–Crippen MR) is 126 cm³/mol. The van der Waals surface area contributed by atoms with E-state index in [0.717, 1.165) is 57.8 Å². The first kappa shape index (κ1) is 27.5. The molecule has 176 valence electrons. The topological polar surface area (TPSA) is 78.7 Å². The molecule has 6 nitrogen and oxygen atoms in total. The first-order valence-corrected chi connectivity index (χ1v) is 11.5. The number of carbonyl (C=O) groups excluding carboxylic acids is 2. The SMILES string of the molecule is CC1CCC(NC(=O)CN2CCN(C(=O)CC3(CN)CCCCC3)CC2)CC1.Cl.Cl. The summed E-state index contributed by atoms with van der Waals surface area (Å²) in [5.41, 5.74) is 6.09. The Hall–Kier alpha value is -0.560. The minimum Gasteiger partial charge on any atom is -0.352 e. The second kappa shape index (κ2) is 13.1. The fraction of sp³-hybridized carbons (Fsp3) is 0.909. The van der Waals surface area contributed by atoms with Gasteiger partial charge in [-0.15, -0.1) is 24.8 Å². The van der Waals surface area contributed by atoms with E-state index in [-0.39, 0.29) is 42.0 Å². The number of hydrogen-bond donors (Lipinski definition) is 2. The lowest BCUT2D eigenvalue weighted by Gasteiger charge is -2.39. The van der Waals surface area contributed by atoms with Crippen molar-refractivity contribution in [1.82, 2.24) is 15.1 Å². The molecule has 2 amide bonds. The maximum atomic E-state index is 12.8. The first-order chi connectivity index (χ1) is 13.5. The normalized spacial score (nSPS) is 26.8. The molecular formula is C22H42Cl2N4O2. The summed E-state index contributed by atoms with van der Waals surface area (Å²) >= 11 is 0. The van der Waals surface area contributed by atoms with Gasteiger partial charge >= 0.3 is 0 Å². The molecule has 2 aliphatic carbocycles. The van der Waals surface area contributed by atoms with E-state index in [0.29, 0.717) is 25.6 Å². The summed E-state index contributed by atoms with van der Waals surface area (Å²) in [7, 11) is 0. The molecule has 0 spiro atoms. The monoisotopic (exact) mass is 464 g/mol. The van der Waals surface area contributed by atoms with Crippen LogP contribution < -0.4 is 11.1 Å². The van der Waals surface area contributed by atoms with Crippen molar-refractivity contribution in [2.24, 2.45) is 17.1 Å². The quantitative estimate of drug-likeness (QED) is 0.632. The molecule has 0 atom stereocenters. The summed E-state index contributed by atoms with van der Waals surface area (Å²) < 4.78 is 0. The molecule has 3 fully saturated rings. The summed E-state index contributed by atoms with van der Waals surface area (Å²) in [6.45, 7) is 6.41. The molecule has 0 aromatic rings. The third-order valence-electron chi connectivity index (χ3n) is 7.35. The van der Waals surface area contributed by atoms with Gasteiger partial charge in [-0.25, -0.2) is 0 Å². The fourth-order valence-corrected chi connectivity index (χ4v) is 5.22. The fourth-order valence-electron chi connectivity index (χ4n) is 5.22. The van der Waals surface area contributed by atoms with E-state index in [4.69, 9.17) is 5.73 Å². The van der Waals surface area contributed by atoms with Gasteiger partial charge in [-0.05, 0) is 56.4 Å². The molecule has 0 bridgehead atoms. The minimum atomic E-state index is 0. The Morgan fingerprint density at radius 1 is 0.967 bits per heavy atom. The van der Waals surface area contributed by atoms with Gasteiger partial charge in [-0.3, -0.25) is 14.5 Å². The van der Waals surface area contributed by atoms with Crippen LogP contribution in [0.2, 0.25) is 0 Å². The molecule has 2 saturated carbocycles. The second-order valence-electron chi connectivity index (χ2n) is 9.62. The Kier molecular flexibility index (Phi) is 12.0. The predicted octanol–water partition coefficient (Wildman–Crippen LogP) is 2.97. The Morgan fingerprint density at radius 3 is 2.13 bits per heavy atom. The van der Waals surface area contributed by atoms with Gasteiger partial charge in [0.2, 0.25) is 11.8 Å². The van der Waals surface area contributed by atoms with Gasteiger partial charge in [-0.2, -0.15) is 0 Å². The number of rotatable bonds is 6. The van der Waals surface area contributed by atoms with Crippen molar-refractivity contribution < 1.29 is 9.59 Å². The Morgan fingerprint density at radius 2 is 1.57 bits per heavy atom. The lowest BCUT2D eigenvalue weighted by Crippen LogP contribution is -2.53. The van der Waals surface area contributed by atoms with Crippen LogP contribution in [0, 0.1) is 11.3 Å². The summed E-state index contributed by atoms with van der Waals surface area (Å²) in [5.74, 6) is 1.20. The van der Waals surface area contributed by atoms with Crippen molar-refractivity contribution in [1.29, 1.82) is 0 Å². The van der Waals surface area contributed by atoms with Crippen LogP contribution in [0.15, 0.2) is 0 Å². The summed E-state index contributed by atoms with van der Waals surface area (Å²) in [4.78, 5) is 29.4. The van der Waals surface area contributed by atoms with E-state index >= 15 is 0 Å². The number of nitrogens with two attached hydrogens (primary N) is 1. The smallest absolute Gasteiger partial charge is 0.234 e. The van der Waals surface area contributed by atoms with E-state index in [9.17, 15) is 9.59 Å². The van der Waals surface area contributed by atoms with E-state index in [1.165, 1.54) is 32.1 Å². The van der Waals surface area contributed by atoms with E-state index < -0.39 is 0 Å². The number of halogens is 2. The van der Waals surface area contributed by atoms with Gasteiger partial charge in [0.05, 0.1) is 6.54 Å². The molecule has 3 N–H and O–H groups in total. The molecule has 1 saturated heterocycles. The number of piperazine rings is 1. The zero-order valence-electron chi connectivity index (χ0n) is 18.6. The van der Waals surface area contributed by atoms with Crippen LogP contribution in [0.5, 0.6) is 0 Å². The number of hydrogen-bond acceptors (Lipinski definition) is 4. The third-order valence-corrected chi connectivity index (χ3v) is 7.35. The average Bonchev–Trinajstić information content (AvgIpc) is 2.71. The van der Waals surface area contributed by atoms with Crippen LogP contribution in [-0.2, 0) is 9.59 Å². The van der Waals surface area contributed by atoms with Gasteiger partial charge in [0.1, 0.15) is 0 Å². The zero-order chi connectivity index (χ0) is 20.0. The molecule has 1 aliphatic heterocycles. The van der Waals surface area contributed by atoms with Crippen LogP contribution in [0.1, 0.15) is 71.1 Å².